The molecule has 0 atom stereocenters. The molecule has 0 spiro atoms. The van der Waals surface area contributed by atoms with Gasteiger partial charge in [-0.3, -0.25) is 14.4 Å². The van der Waals surface area contributed by atoms with Gasteiger partial charge in [0.15, 0.2) is 5.78 Å². The van der Waals surface area contributed by atoms with Gasteiger partial charge in [-0.2, -0.15) is 0 Å². The third-order valence-corrected chi connectivity index (χ3v) is 3.83. The van der Waals surface area contributed by atoms with E-state index in [0.717, 1.165) is 13.0 Å². The Labute approximate surface area is 179 Å². The van der Waals surface area contributed by atoms with Gasteiger partial charge >= 0.3 is 0 Å². The molecule has 30 heavy (non-hydrogen) atoms. The number of hydrogen-bond donors (Lipinski definition) is 3. The summed E-state index contributed by atoms with van der Waals surface area (Å²) < 4.78 is 21.0. The van der Waals surface area contributed by atoms with Crippen molar-refractivity contribution in [3.63, 3.8) is 0 Å². The fourth-order valence-corrected chi connectivity index (χ4v) is 2.03. The Morgan fingerprint density at radius 2 is 1.23 bits per heavy atom. The van der Waals surface area contributed by atoms with E-state index < -0.39 is 0 Å². The van der Waals surface area contributed by atoms with Gasteiger partial charge < -0.3 is 34.9 Å². The first-order valence-electron chi connectivity index (χ1n) is 10.5. The van der Waals surface area contributed by atoms with Crippen LogP contribution in [0.3, 0.4) is 0 Å². The lowest BCUT2D eigenvalue weighted by Gasteiger charge is -2.09. The molecule has 0 heterocycles. The molecular weight excluding hydrogens is 394 g/mol. The maximum atomic E-state index is 11.6. The van der Waals surface area contributed by atoms with Gasteiger partial charge in [-0.05, 0) is 20.0 Å². The van der Waals surface area contributed by atoms with Crippen LogP contribution in [-0.2, 0) is 33.3 Å². The van der Waals surface area contributed by atoms with E-state index >= 15 is 0 Å². The van der Waals surface area contributed by atoms with Crippen LogP contribution in [0.15, 0.2) is 0 Å². The van der Waals surface area contributed by atoms with E-state index in [1.54, 1.807) is 0 Å². The highest BCUT2D eigenvalue weighted by Gasteiger charge is 2.06. The molecule has 0 aromatic rings. The van der Waals surface area contributed by atoms with Crippen molar-refractivity contribution in [3.8, 4) is 0 Å². The lowest BCUT2D eigenvalue weighted by molar-refractivity contribution is -0.128. The first kappa shape index (κ1) is 28.4. The summed E-state index contributed by atoms with van der Waals surface area (Å²) in [6.07, 6.45) is 1.30. The zero-order chi connectivity index (χ0) is 22.5. The van der Waals surface area contributed by atoms with Crippen LogP contribution in [0.1, 0.15) is 26.7 Å². The molecule has 0 bridgehead atoms. The Bertz CT molecular complexity index is 462. The van der Waals surface area contributed by atoms with E-state index in [0.29, 0.717) is 59.2 Å². The van der Waals surface area contributed by atoms with Crippen molar-refractivity contribution in [1.82, 2.24) is 16.0 Å². The van der Waals surface area contributed by atoms with E-state index in [9.17, 15) is 14.4 Å². The van der Waals surface area contributed by atoms with E-state index in [1.807, 2.05) is 20.9 Å². The third-order valence-electron chi connectivity index (χ3n) is 3.83. The molecule has 3 N–H and O–H groups in total. The number of carbonyl (C=O) groups is 3. The fraction of sp³-hybridized carbons (Fsp3) is 0.850. The Hall–Kier alpha value is -1.59. The first-order valence-corrected chi connectivity index (χ1v) is 10.5. The van der Waals surface area contributed by atoms with Crippen molar-refractivity contribution in [2.45, 2.75) is 26.7 Å². The van der Waals surface area contributed by atoms with Gasteiger partial charge in [0.25, 0.3) is 0 Å². The summed E-state index contributed by atoms with van der Waals surface area (Å²) in [5.41, 5.74) is 0. The summed E-state index contributed by atoms with van der Waals surface area (Å²) in [4.78, 5) is 34.4. The molecular formula is C20H39N3O7. The third kappa shape index (κ3) is 19.7. The van der Waals surface area contributed by atoms with Gasteiger partial charge in [-0.15, -0.1) is 0 Å². The van der Waals surface area contributed by atoms with Crippen LogP contribution < -0.4 is 16.0 Å². The zero-order valence-electron chi connectivity index (χ0n) is 18.6. The minimum atomic E-state index is -0.230. The average Bonchev–Trinajstić information content (AvgIpc) is 2.71. The Morgan fingerprint density at radius 3 is 1.80 bits per heavy atom. The highest BCUT2D eigenvalue weighted by molar-refractivity contribution is 5.81. The molecule has 176 valence electrons. The molecule has 0 fully saturated rings. The number of nitrogens with one attached hydrogen (secondary N) is 3. The summed E-state index contributed by atoms with van der Waals surface area (Å²) in [5.74, 6) is -0.179. The lowest BCUT2D eigenvalue weighted by Crippen LogP contribution is -2.31. The molecule has 0 aliphatic rings. The molecule has 0 saturated heterocycles. The standard InChI is InChI=1S/C20H39N3O7/c1-17(2)18(24)15-29-13-11-28-10-8-23-20(26)16-30-14-12-27-9-7-22-19(25)5-4-6-21-3/h17,21H,4-16H2,1-3H3,(H,22,25)(H,23,26). The van der Waals surface area contributed by atoms with Crippen LogP contribution in [0.5, 0.6) is 0 Å². The number of ketones is 1. The van der Waals surface area contributed by atoms with E-state index in [2.05, 4.69) is 16.0 Å². The molecule has 0 aliphatic heterocycles. The van der Waals surface area contributed by atoms with Crippen LogP contribution in [0.2, 0.25) is 0 Å². The second-order valence-electron chi connectivity index (χ2n) is 6.86. The van der Waals surface area contributed by atoms with Gasteiger partial charge in [-0.1, -0.05) is 13.8 Å². The van der Waals surface area contributed by atoms with Crippen LogP contribution in [0, 0.1) is 5.92 Å². The molecule has 0 aromatic carbocycles. The molecule has 0 radical (unpaired) electrons. The zero-order valence-corrected chi connectivity index (χ0v) is 18.6. The number of Topliss-reactive ketones (excluding diaryl/α,β-unsaturated/α-hetero) is 1. The first-order chi connectivity index (χ1) is 14.5. The van der Waals surface area contributed by atoms with Crippen molar-refractivity contribution in [1.29, 1.82) is 0 Å². The topological polar surface area (TPSA) is 124 Å². The van der Waals surface area contributed by atoms with Crippen molar-refractivity contribution in [3.05, 3.63) is 0 Å². The van der Waals surface area contributed by atoms with Crippen LogP contribution in [-0.4, -0.2) is 97.1 Å². The van der Waals surface area contributed by atoms with Crippen molar-refractivity contribution < 1.29 is 33.3 Å². The normalized spacial score (nSPS) is 10.9. The Kier molecular flexibility index (Phi) is 19.6. The Morgan fingerprint density at radius 1 is 0.700 bits per heavy atom. The second-order valence-corrected chi connectivity index (χ2v) is 6.86. The SMILES string of the molecule is CNCCCC(=O)NCCOCCOCC(=O)NCCOCCOCC(=O)C(C)C. The van der Waals surface area contributed by atoms with Crippen LogP contribution >= 0.6 is 0 Å². The summed E-state index contributed by atoms with van der Waals surface area (Å²) in [6.45, 7) is 7.48. The van der Waals surface area contributed by atoms with E-state index in [1.165, 1.54) is 0 Å². The smallest absolute Gasteiger partial charge is 0.246 e. The fourth-order valence-electron chi connectivity index (χ4n) is 2.03. The summed E-state index contributed by atoms with van der Waals surface area (Å²) >= 11 is 0. The molecule has 2 amide bonds. The van der Waals surface area contributed by atoms with Crippen LogP contribution in [0.25, 0.3) is 0 Å². The van der Waals surface area contributed by atoms with E-state index in [-0.39, 0.29) is 36.7 Å². The maximum absolute atomic E-state index is 11.6. The average molecular weight is 434 g/mol. The highest BCUT2D eigenvalue weighted by atomic mass is 16.5. The molecule has 0 aliphatic carbocycles. The lowest BCUT2D eigenvalue weighted by atomic mass is 10.1. The molecule has 10 heteroatoms. The van der Waals surface area contributed by atoms with Gasteiger partial charge in [-0.25, -0.2) is 0 Å². The maximum Gasteiger partial charge on any atom is 0.246 e. The predicted molar refractivity (Wildman–Crippen MR) is 112 cm³/mol. The molecule has 0 unspecified atom stereocenters. The number of ether oxygens (including phenoxy) is 4. The summed E-state index contributed by atoms with van der Waals surface area (Å²) in [7, 11) is 1.85. The van der Waals surface area contributed by atoms with Crippen molar-refractivity contribution in [2.24, 2.45) is 5.92 Å². The molecule has 10 nitrogen and oxygen atoms in total. The van der Waals surface area contributed by atoms with Crippen molar-refractivity contribution >= 4 is 17.6 Å². The van der Waals surface area contributed by atoms with E-state index in [4.69, 9.17) is 18.9 Å². The predicted octanol–water partition coefficient (Wildman–Crippen LogP) is -0.490. The molecule has 0 rings (SSSR count). The van der Waals surface area contributed by atoms with Gasteiger partial charge in [0.05, 0.1) is 39.6 Å². The summed E-state index contributed by atoms with van der Waals surface area (Å²) in [6, 6.07) is 0. The largest absolute Gasteiger partial charge is 0.377 e. The minimum absolute atomic E-state index is 0.0134. The second kappa shape index (κ2) is 20.7. The minimum Gasteiger partial charge on any atom is -0.377 e. The number of rotatable bonds is 21. The van der Waals surface area contributed by atoms with Gasteiger partial charge in [0, 0.05) is 25.4 Å². The molecule has 0 saturated carbocycles. The van der Waals surface area contributed by atoms with Gasteiger partial charge in [0.1, 0.15) is 13.2 Å². The number of carbonyl (C=O) groups excluding carboxylic acids is 3. The van der Waals surface area contributed by atoms with Crippen molar-refractivity contribution in [2.75, 3.05) is 79.5 Å². The quantitative estimate of drug-likeness (QED) is 0.207. The highest BCUT2D eigenvalue weighted by Crippen LogP contribution is 1.94. The van der Waals surface area contributed by atoms with Gasteiger partial charge in [0.2, 0.25) is 11.8 Å². The number of hydrogen-bond acceptors (Lipinski definition) is 8. The Balaban J connectivity index is 3.31. The molecule has 0 aromatic heterocycles. The number of amides is 2. The monoisotopic (exact) mass is 433 g/mol. The summed E-state index contributed by atoms with van der Waals surface area (Å²) in [5, 5.41) is 8.44. The van der Waals surface area contributed by atoms with Crippen LogP contribution in [0.4, 0.5) is 0 Å².